The molecule has 5 nitrogen and oxygen atoms in total. The van der Waals surface area contributed by atoms with E-state index in [4.69, 9.17) is 10.5 Å². The van der Waals surface area contributed by atoms with Crippen LogP contribution in [0.1, 0.15) is 43.7 Å². The van der Waals surface area contributed by atoms with Gasteiger partial charge in [-0.2, -0.15) is 0 Å². The number of nitrogens with zero attached hydrogens (tertiary/aromatic N) is 1. The van der Waals surface area contributed by atoms with Crippen molar-refractivity contribution in [1.29, 1.82) is 0 Å². The zero-order valence-electron chi connectivity index (χ0n) is 18.0. The Balaban J connectivity index is 1.67. The molecule has 1 aliphatic heterocycles. The lowest BCUT2D eigenvalue weighted by Gasteiger charge is -2.42. The van der Waals surface area contributed by atoms with E-state index in [2.05, 4.69) is 0 Å². The highest BCUT2D eigenvalue weighted by atomic mass is 16.5. The predicted octanol–water partition coefficient (Wildman–Crippen LogP) is 3.49. The van der Waals surface area contributed by atoms with E-state index in [1.54, 1.807) is 7.11 Å². The number of ether oxygens (including phenoxy) is 1. The summed E-state index contributed by atoms with van der Waals surface area (Å²) < 4.78 is 5.18. The maximum Gasteiger partial charge on any atom is 0.239 e. The maximum atomic E-state index is 13.1. The van der Waals surface area contributed by atoms with Crippen LogP contribution in [-0.4, -0.2) is 42.8 Å². The minimum Gasteiger partial charge on any atom is -0.497 e. The molecular formula is C25H32N2O3. The molecule has 1 heterocycles. The molecule has 1 fully saturated rings. The fourth-order valence-corrected chi connectivity index (χ4v) is 4.40. The number of likely N-dealkylation sites (tertiary alicyclic amines) is 1. The summed E-state index contributed by atoms with van der Waals surface area (Å²) in [6.45, 7) is 3.15. The molecule has 1 atom stereocenters. The SMILES string of the molecule is CCCC(=O)C1(c2ccccc2)CCN(C(=O)C(N)Cc2ccc(OC)cc2)CC1. The van der Waals surface area contributed by atoms with Gasteiger partial charge in [-0.1, -0.05) is 49.4 Å². The Morgan fingerprint density at radius 2 is 1.70 bits per heavy atom. The third-order valence-corrected chi connectivity index (χ3v) is 6.20. The molecule has 160 valence electrons. The topological polar surface area (TPSA) is 72.6 Å². The number of piperidine rings is 1. The maximum absolute atomic E-state index is 13.1. The fraction of sp³-hybridized carbons (Fsp3) is 0.440. The van der Waals surface area contributed by atoms with Crippen molar-refractivity contribution in [1.82, 2.24) is 4.90 Å². The number of nitrogens with two attached hydrogens (primary N) is 1. The highest BCUT2D eigenvalue weighted by Crippen LogP contribution is 2.38. The van der Waals surface area contributed by atoms with E-state index < -0.39 is 11.5 Å². The van der Waals surface area contributed by atoms with Crippen LogP contribution in [0.15, 0.2) is 54.6 Å². The molecule has 1 aliphatic rings. The Hall–Kier alpha value is -2.66. The molecule has 0 bridgehead atoms. The van der Waals surface area contributed by atoms with Crippen LogP contribution in [0.25, 0.3) is 0 Å². The van der Waals surface area contributed by atoms with E-state index in [1.807, 2.05) is 66.4 Å². The molecule has 5 heteroatoms. The molecule has 1 amide bonds. The molecule has 0 aliphatic carbocycles. The molecule has 2 N–H and O–H groups in total. The first-order valence-corrected chi connectivity index (χ1v) is 10.8. The number of ketones is 1. The van der Waals surface area contributed by atoms with Crippen molar-refractivity contribution in [3.05, 3.63) is 65.7 Å². The molecule has 0 saturated carbocycles. The molecule has 3 rings (SSSR count). The van der Waals surface area contributed by atoms with E-state index in [0.29, 0.717) is 38.8 Å². The Bertz CT molecular complexity index is 840. The first-order chi connectivity index (χ1) is 14.5. The largest absolute Gasteiger partial charge is 0.497 e. The standard InChI is InChI=1S/C25H32N2O3/c1-3-7-23(28)25(20-8-5-4-6-9-20)14-16-27(17-15-25)24(29)22(26)18-19-10-12-21(30-2)13-11-19/h4-6,8-13,22H,3,7,14-18,26H2,1-2H3. The van der Waals surface area contributed by atoms with Gasteiger partial charge in [0.05, 0.1) is 18.6 Å². The van der Waals surface area contributed by atoms with Gasteiger partial charge < -0.3 is 15.4 Å². The van der Waals surface area contributed by atoms with Crippen molar-refractivity contribution < 1.29 is 14.3 Å². The van der Waals surface area contributed by atoms with Gasteiger partial charge in [-0.25, -0.2) is 0 Å². The van der Waals surface area contributed by atoms with Crippen molar-refractivity contribution in [2.45, 2.75) is 50.5 Å². The Kier molecular flexibility index (Phi) is 7.27. The van der Waals surface area contributed by atoms with Gasteiger partial charge in [0.2, 0.25) is 5.91 Å². The van der Waals surface area contributed by atoms with Crippen LogP contribution < -0.4 is 10.5 Å². The Morgan fingerprint density at radius 3 is 2.27 bits per heavy atom. The quantitative estimate of drug-likeness (QED) is 0.726. The van der Waals surface area contributed by atoms with E-state index in [9.17, 15) is 9.59 Å². The van der Waals surface area contributed by atoms with E-state index >= 15 is 0 Å². The summed E-state index contributed by atoms with van der Waals surface area (Å²) in [5.74, 6) is 1.02. The number of Topliss-reactive ketones (excluding diaryl/α,β-unsaturated/α-hetero) is 1. The van der Waals surface area contributed by atoms with Crippen LogP contribution in [0.2, 0.25) is 0 Å². The van der Waals surface area contributed by atoms with Gasteiger partial charge in [0.25, 0.3) is 0 Å². The second kappa shape index (κ2) is 9.90. The molecule has 30 heavy (non-hydrogen) atoms. The third kappa shape index (κ3) is 4.73. The third-order valence-electron chi connectivity index (χ3n) is 6.20. The monoisotopic (exact) mass is 408 g/mol. The molecule has 2 aromatic carbocycles. The first-order valence-electron chi connectivity index (χ1n) is 10.8. The van der Waals surface area contributed by atoms with E-state index in [-0.39, 0.29) is 11.7 Å². The molecule has 1 saturated heterocycles. The number of carbonyl (C=O) groups excluding carboxylic acids is 2. The zero-order chi connectivity index (χ0) is 21.6. The first kappa shape index (κ1) is 22.0. The molecule has 1 unspecified atom stereocenters. The molecule has 0 spiro atoms. The zero-order valence-corrected chi connectivity index (χ0v) is 18.0. The minimum atomic E-state index is -0.589. The van der Waals surface area contributed by atoms with Gasteiger partial charge >= 0.3 is 0 Å². The number of methoxy groups -OCH3 is 1. The normalized spacial score (nSPS) is 16.7. The van der Waals surface area contributed by atoms with Crippen LogP contribution in [0, 0.1) is 0 Å². The predicted molar refractivity (Wildman–Crippen MR) is 119 cm³/mol. The number of benzene rings is 2. The Labute approximate surface area is 179 Å². The van der Waals surface area contributed by atoms with Crippen molar-refractivity contribution >= 4 is 11.7 Å². The number of carbonyl (C=O) groups is 2. The number of hydrogen-bond acceptors (Lipinski definition) is 4. The van der Waals surface area contributed by atoms with Crippen LogP contribution in [-0.2, 0) is 21.4 Å². The second-order valence-corrected chi connectivity index (χ2v) is 8.11. The number of rotatable bonds is 8. The lowest BCUT2D eigenvalue weighted by Crippen LogP contribution is -2.53. The summed E-state index contributed by atoms with van der Waals surface area (Å²) in [6.07, 6.45) is 3.19. The fourth-order valence-electron chi connectivity index (χ4n) is 4.40. The summed E-state index contributed by atoms with van der Waals surface area (Å²) >= 11 is 0. The molecular weight excluding hydrogens is 376 g/mol. The molecule has 0 radical (unpaired) electrons. The molecule has 0 aromatic heterocycles. The highest BCUT2D eigenvalue weighted by Gasteiger charge is 2.43. The molecule has 2 aromatic rings. The Morgan fingerprint density at radius 1 is 1.07 bits per heavy atom. The average Bonchev–Trinajstić information content (AvgIpc) is 2.80. The van der Waals surface area contributed by atoms with Gasteiger partial charge in [0, 0.05) is 19.5 Å². The van der Waals surface area contributed by atoms with Gasteiger partial charge in [-0.3, -0.25) is 9.59 Å². The van der Waals surface area contributed by atoms with Crippen LogP contribution in [0.5, 0.6) is 5.75 Å². The summed E-state index contributed by atoms with van der Waals surface area (Å²) in [7, 11) is 1.63. The van der Waals surface area contributed by atoms with Gasteiger partial charge in [0.1, 0.15) is 11.5 Å². The summed E-state index contributed by atoms with van der Waals surface area (Å²) in [4.78, 5) is 27.9. The van der Waals surface area contributed by atoms with E-state index in [1.165, 1.54) is 0 Å². The smallest absolute Gasteiger partial charge is 0.239 e. The second-order valence-electron chi connectivity index (χ2n) is 8.11. The lowest BCUT2D eigenvalue weighted by atomic mass is 9.68. The summed E-state index contributed by atoms with van der Waals surface area (Å²) in [5, 5.41) is 0. The van der Waals surface area contributed by atoms with Crippen LogP contribution >= 0.6 is 0 Å². The number of amides is 1. The average molecular weight is 409 g/mol. The van der Waals surface area contributed by atoms with Crippen molar-refractivity contribution in [2.75, 3.05) is 20.2 Å². The van der Waals surface area contributed by atoms with Gasteiger partial charge in [-0.05, 0) is 48.9 Å². The van der Waals surface area contributed by atoms with E-state index in [0.717, 1.165) is 23.3 Å². The number of hydrogen-bond donors (Lipinski definition) is 1. The van der Waals surface area contributed by atoms with Gasteiger partial charge in [-0.15, -0.1) is 0 Å². The van der Waals surface area contributed by atoms with Crippen molar-refractivity contribution in [3.8, 4) is 5.75 Å². The summed E-state index contributed by atoms with van der Waals surface area (Å²) in [6, 6.07) is 17.1. The van der Waals surface area contributed by atoms with Crippen molar-refractivity contribution in [2.24, 2.45) is 5.73 Å². The van der Waals surface area contributed by atoms with Crippen LogP contribution in [0.4, 0.5) is 0 Å². The lowest BCUT2D eigenvalue weighted by molar-refractivity contribution is -0.137. The van der Waals surface area contributed by atoms with Crippen LogP contribution in [0.3, 0.4) is 0 Å². The highest BCUT2D eigenvalue weighted by molar-refractivity contribution is 5.91. The van der Waals surface area contributed by atoms with Crippen molar-refractivity contribution in [3.63, 3.8) is 0 Å². The van der Waals surface area contributed by atoms with Gasteiger partial charge in [0.15, 0.2) is 0 Å². The minimum absolute atomic E-state index is 0.0459. The summed E-state index contributed by atoms with van der Waals surface area (Å²) in [5.41, 5.74) is 7.83.